The zero-order chi connectivity index (χ0) is 14.5. The number of carbonyl (C=O) groups excluding carboxylic acids is 2. The molecule has 1 aliphatic rings. The van der Waals surface area contributed by atoms with Crippen LogP contribution in [-0.4, -0.2) is 24.8 Å². The Balaban J connectivity index is 2.28. The molecule has 0 bridgehead atoms. The number of ether oxygens (including phenoxy) is 1. The highest BCUT2D eigenvalue weighted by molar-refractivity contribution is 6.09. The summed E-state index contributed by atoms with van der Waals surface area (Å²) in [6.07, 6.45) is 1.93. The zero-order valence-corrected chi connectivity index (χ0v) is 12.1. The van der Waals surface area contributed by atoms with Crippen molar-refractivity contribution in [2.45, 2.75) is 33.1 Å². The van der Waals surface area contributed by atoms with Crippen molar-refractivity contribution in [3.8, 4) is 5.75 Å². The Morgan fingerprint density at radius 1 is 1.35 bits per heavy atom. The molecule has 1 atom stereocenters. The van der Waals surface area contributed by atoms with Crippen LogP contribution in [0.25, 0.3) is 0 Å². The smallest absolute Gasteiger partial charge is 0.237 e. The molecule has 0 radical (unpaired) electrons. The van der Waals surface area contributed by atoms with E-state index in [4.69, 9.17) is 4.74 Å². The van der Waals surface area contributed by atoms with Gasteiger partial charge in [0.05, 0.1) is 18.2 Å². The second kappa shape index (κ2) is 6.55. The van der Waals surface area contributed by atoms with Gasteiger partial charge in [0.1, 0.15) is 11.5 Å². The first-order valence-corrected chi connectivity index (χ1v) is 7.25. The molecule has 1 amide bonds. The molecule has 108 valence electrons. The van der Waals surface area contributed by atoms with Gasteiger partial charge in [0, 0.05) is 13.0 Å². The van der Waals surface area contributed by atoms with Crippen LogP contribution in [0.2, 0.25) is 0 Å². The largest absolute Gasteiger partial charge is 0.492 e. The molecule has 0 aliphatic carbocycles. The van der Waals surface area contributed by atoms with E-state index in [9.17, 15) is 9.59 Å². The molecule has 20 heavy (non-hydrogen) atoms. The van der Waals surface area contributed by atoms with Gasteiger partial charge in [0.15, 0.2) is 0 Å². The minimum Gasteiger partial charge on any atom is -0.492 e. The third kappa shape index (κ3) is 2.84. The number of ketones is 1. The van der Waals surface area contributed by atoms with E-state index in [2.05, 4.69) is 0 Å². The van der Waals surface area contributed by atoms with Gasteiger partial charge in [-0.3, -0.25) is 9.59 Å². The Bertz CT molecular complexity index is 498. The SMILES string of the molecule is CCOc1ccccc1N1CCC[C@H](C(=O)CC)C1=O. The second-order valence-corrected chi connectivity index (χ2v) is 4.91. The first-order valence-electron chi connectivity index (χ1n) is 7.25. The number of rotatable bonds is 5. The Kier molecular flexibility index (Phi) is 4.77. The summed E-state index contributed by atoms with van der Waals surface area (Å²) in [5.74, 6) is 0.167. The Morgan fingerprint density at radius 3 is 2.80 bits per heavy atom. The maximum absolute atomic E-state index is 12.5. The molecule has 4 nitrogen and oxygen atoms in total. The van der Waals surface area contributed by atoms with Crippen molar-refractivity contribution in [1.82, 2.24) is 0 Å². The number of hydrogen-bond donors (Lipinski definition) is 0. The number of hydrogen-bond acceptors (Lipinski definition) is 3. The quantitative estimate of drug-likeness (QED) is 0.776. The van der Waals surface area contributed by atoms with Gasteiger partial charge < -0.3 is 9.64 Å². The van der Waals surface area contributed by atoms with Gasteiger partial charge in [-0.25, -0.2) is 0 Å². The molecule has 1 heterocycles. The van der Waals surface area contributed by atoms with Gasteiger partial charge in [-0.2, -0.15) is 0 Å². The fraction of sp³-hybridized carbons (Fsp3) is 0.500. The lowest BCUT2D eigenvalue weighted by molar-refractivity contribution is -0.133. The topological polar surface area (TPSA) is 46.6 Å². The number of benzene rings is 1. The van der Waals surface area contributed by atoms with E-state index in [1.807, 2.05) is 38.1 Å². The van der Waals surface area contributed by atoms with Crippen molar-refractivity contribution in [3.05, 3.63) is 24.3 Å². The number of nitrogens with zero attached hydrogens (tertiary/aromatic N) is 1. The molecule has 1 fully saturated rings. The first kappa shape index (κ1) is 14.6. The predicted molar refractivity (Wildman–Crippen MR) is 78.0 cm³/mol. The third-order valence-electron chi connectivity index (χ3n) is 3.63. The van der Waals surface area contributed by atoms with Gasteiger partial charge in [-0.05, 0) is 31.9 Å². The van der Waals surface area contributed by atoms with Crippen LogP contribution in [0.15, 0.2) is 24.3 Å². The Hall–Kier alpha value is -1.84. The average Bonchev–Trinajstić information content (AvgIpc) is 2.48. The minimum absolute atomic E-state index is 0.0357. The molecule has 1 aliphatic heterocycles. The van der Waals surface area contributed by atoms with Gasteiger partial charge in [-0.1, -0.05) is 19.1 Å². The maximum Gasteiger partial charge on any atom is 0.237 e. The molecular formula is C16H21NO3. The van der Waals surface area contributed by atoms with Crippen molar-refractivity contribution >= 4 is 17.4 Å². The van der Waals surface area contributed by atoms with E-state index in [1.54, 1.807) is 4.90 Å². The number of amides is 1. The number of Topliss-reactive ketones (excluding diaryl/α,β-unsaturated/α-hetero) is 1. The van der Waals surface area contributed by atoms with Crippen molar-refractivity contribution in [1.29, 1.82) is 0 Å². The average molecular weight is 275 g/mol. The number of carbonyl (C=O) groups is 2. The summed E-state index contributed by atoms with van der Waals surface area (Å²) in [6.45, 7) is 4.92. The molecule has 0 aromatic heterocycles. The van der Waals surface area contributed by atoms with Gasteiger partial charge in [0.2, 0.25) is 5.91 Å². The first-order chi connectivity index (χ1) is 9.69. The van der Waals surface area contributed by atoms with Crippen LogP contribution in [0.4, 0.5) is 5.69 Å². The number of anilines is 1. The highest BCUT2D eigenvalue weighted by Crippen LogP contribution is 2.32. The van der Waals surface area contributed by atoms with Crippen LogP contribution < -0.4 is 9.64 Å². The van der Waals surface area contributed by atoms with Crippen LogP contribution in [0, 0.1) is 5.92 Å². The molecular weight excluding hydrogens is 254 g/mol. The van der Waals surface area contributed by atoms with Crippen LogP contribution in [0.3, 0.4) is 0 Å². The lowest BCUT2D eigenvalue weighted by atomic mass is 9.91. The molecule has 1 aromatic carbocycles. The van der Waals surface area contributed by atoms with E-state index in [-0.39, 0.29) is 11.7 Å². The van der Waals surface area contributed by atoms with E-state index in [0.717, 1.165) is 12.1 Å². The molecule has 1 saturated heterocycles. The third-order valence-corrected chi connectivity index (χ3v) is 3.63. The van der Waals surface area contributed by atoms with Crippen molar-refractivity contribution in [2.75, 3.05) is 18.1 Å². The maximum atomic E-state index is 12.5. The second-order valence-electron chi connectivity index (χ2n) is 4.91. The van der Waals surface area contributed by atoms with Gasteiger partial charge in [-0.15, -0.1) is 0 Å². The molecule has 1 aromatic rings. The summed E-state index contributed by atoms with van der Waals surface area (Å²) in [4.78, 5) is 26.1. The summed E-state index contributed by atoms with van der Waals surface area (Å²) in [5.41, 5.74) is 0.771. The van der Waals surface area contributed by atoms with Crippen molar-refractivity contribution < 1.29 is 14.3 Å². The molecule has 0 unspecified atom stereocenters. The van der Waals surface area contributed by atoms with Crippen LogP contribution in [0.1, 0.15) is 33.1 Å². The van der Waals surface area contributed by atoms with Gasteiger partial charge >= 0.3 is 0 Å². The molecule has 4 heteroatoms. The van der Waals surface area contributed by atoms with Gasteiger partial charge in [0.25, 0.3) is 0 Å². The van der Waals surface area contributed by atoms with Crippen LogP contribution >= 0.6 is 0 Å². The fourth-order valence-corrected chi connectivity index (χ4v) is 2.62. The molecule has 0 N–H and O–H groups in total. The van der Waals surface area contributed by atoms with E-state index in [1.165, 1.54) is 0 Å². The number of piperidine rings is 1. The van der Waals surface area contributed by atoms with Crippen LogP contribution in [0.5, 0.6) is 5.75 Å². The summed E-state index contributed by atoms with van der Waals surface area (Å²) in [5, 5.41) is 0. The summed E-state index contributed by atoms with van der Waals surface area (Å²) < 4.78 is 5.58. The standard InChI is InChI=1S/C16H21NO3/c1-3-14(18)12-8-7-11-17(16(12)19)13-9-5-6-10-15(13)20-4-2/h5-6,9-10,12H,3-4,7-8,11H2,1-2H3/t12-/m1/s1. The fourth-order valence-electron chi connectivity index (χ4n) is 2.62. The van der Waals surface area contributed by atoms with E-state index >= 15 is 0 Å². The summed E-state index contributed by atoms with van der Waals surface area (Å²) in [6, 6.07) is 7.51. The normalized spacial score (nSPS) is 19.0. The van der Waals surface area contributed by atoms with E-state index in [0.29, 0.717) is 31.7 Å². The molecule has 0 saturated carbocycles. The van der Waals surface area contributed by atoms with E-state index < -0.39 is 5.92 Å². The lowest BCUT2D eigenvalue weighted by Gasteiger charge is -2.32. The molecule has 0 spiro atoms. The van der Waals surface area contributed by atoms with Crippen LogP contribution in [-0.2, 0) is 9.59 Å². The monoisotopic (exact) mass is 275 g/mol. The van der Waals surface area contributed by atoms with Crippen molar-refractivity contribution in [2.24, 2.45) is 5.92 Å². The summed E-state index contributed by atoms with van der Waals surface area (Å²) in [7, 11) is 0. The lowest BCUT2D eigenvalue weighted by Crippen LogP contribution is -2.44. The zero-order valence-electron chi connectivity index (χ0n) is 12.1. The Morgan fingerprint density at radius 2 is 2.10 bits per heavy atom. The molecule has 2 rings (SSSR count). The Labute approximate surface area is 119 Å². The highest BCUT2D eigenvalue weighted by atomic mass is 16.5. The minimum atomic E-state index is -0.483. The highest BCUT2D eigenvalue weighted by Gasteiger charge is 2.34. The number of para-hydroxylation sites is 2. The van der Waals surface area contributed by atoms with Crippen molar-refractivity contribution in [3.63, 3.8) is 0 Å². The summed E-state index contributed by atoms with van der Waals surface area (Å²) >= 11 is 0. The predicted octanol–water partition coefficient (Wildman–Crippen LogP) is 2.81.